The summed E-state index contributed by atoms with van der Waals surface area (Å²) < 4.78 is 0. The fourth-order valence-corrected chi connectivity index (χ4v) is 2.82. The maximum atomic E-state index is 12.5. The summed E-state index contributed by atoms with van der Waals surface area (Å²) in [6.45, 7) is 10.2. The Morgan fingerprint density at radius 2 is 2.09 bits per heavy atom. The van der Waals surface area contributed by atoms with Gasteiger partial charge in [-0.3, -0.25) is 9.69 Å². The number of anilines is 1. The molecule has 0 unspecified atom stereocenters. The minimum absolute atomic E-state index is 0.125. The molecule has 1 aliphatic rings. The second-order valence-electron chi connectivity index (χ2n) is 6.89. The molecule has 0 radical (unpaired) electrons. The molecule has 1 aromatic carbocycles. The Bertz CT molecular complexity index is 506. The molecule has 0 saturated heterocycles. The van der Waals surface area contributed by atoms with Crippen LogP contribution in [0.4, 0.5) is 5.69 Å². The topological polar surface area (TPSA) is 32.3 Å². The summed E-state index contributed by atoms with van der Waals surface area (Å²) >= 11 is 0. The van der Waals surface area contributed by atoms with E-state index in [9.17, 15) is 4.79 Å². The molecule has 22 heavy (non-hydrogen) atoms. The van der Waals surface area contributed by atoms with Crippen LogP contribution in [0.25, 0.3) is 0 Å². The van der Waals surface area contributed by atoms with E-state index in [1.165, 1.54) is 18.4 Å². The van der Waals surface area contributed by atoms with Gasteiger partial charge in [-0.15, -0.1) is 0 Å². The molecule has 0 bridgehead atoms. The summed E-state index contributed by atoms with van der Waals surface area (Å²) in [7, 11) is 0. The van der Waals surface area contributed by atoms with Gasteiger partial charge >= 0.3 is 0 Å². The summed E-state index contributed by atoms with van der Waals surface area (Å²) in [6, 6.07) is 6.85. The SMILES string of the molecule is CCc1cccc(C)c1NC(=O)CN(CCC(C)C)C1CC1. The molecule has 0 atom stereocenters. The van der Waals surface area contributed by atoms with Crippen molar-refractivity contribution in [2.45, 2.75) is 59.4 Å². The van der Waals surface area contributed by atoms with Crippen LogP contribution in [0.2, 0.25) is 0 Å². The molecule has 122 valence electrons. The second-order valence-corrected chi connectivity index (χ2v) is 6.89. The Hall–Kier alpha value is -1.35. The van der Waals surface area contributed by atoms with E-state index in [2.05, 4.69) is 56.1 Å². The lowest BCUT2D eigenvalue weighted by Crippen LogP contribution is -2.36. The normalized spacial score (nSPS) is 14.6. The van der Waals surface area contributed by atoms with Crippen LogP contribution in [0.15, 0.2) is 18.2 Å². The van der Waals surface area contributed by atoms with E-state index in [1.54, 1.807) is 0 Å². The fourth-order valence-electron chi connectivity index (χ4n) is 2.82. The number of nitrogens with one attached hydrogen (secondary N) is 1. The van der Waals surface area contributed by atoms with Crippen LogP contribution in [0.5, 0.6) is 0 Å². The zero-order valence-electron chi connectivity index (χ0n) is 14.5. The Kier molecular flexibility index (Phi) is 6.01. The third-order valence-corrected chi connectivity index (χ3v) is 4.41. The predicted molar refractivity (Wildman–Crippen MR) is 93.2 cm³/mol. The lowest BCUT2D eigenvalue weighted by atomic mass is 10.1. The fraction of sp³-hybridized carbons (Fsp3) is 0.632. The number of para-hydroxylation sites is 1. The molecular weight excluding hydrogens is 272 g/mol. The van der Waals surface area contributed by atoms with E-state index in [1.807, 2.05) is 0 Å². The molecule has 0 spiro atoms. The van der Waals surface area contributed by atoms with Crippen molar-refractivity contribution >= 4 is 11.6 Å². The van der Waals surface area contributed by atoms with E-state index in [0.717, 1.165) is 30.6 Å². The van der Waals surface area contributed by atoms with Crippen LogP contribution in [0, 0.1) is 12.8 Å². The van der Waals surface area contributed by atoms with Crippen molar-refractivity contribution in [3.63, 3.8) is 0 Å². The van der Waals surface area contributed by atoms with Gasteiger partial charge in [-0.2, -0.15) is 0 Å². The van der Waals surface area contributed by atoms with Gasteiger partial charge in [-0.05, 0) is 56.2 Å². The highest BCUT2D eigenvalue weighted by molar-refractivity contribution is 5.93. The third kappa shape index (κ3) is 4.84. The predicted octanol–water partition coefficient (Wildman–Crippen LogP) is 4.01. The summed E-state index contributed by atoms with van der Waals surface area (Å²) in [5, 5.41) is 3.15. The number of hydrogen-bond acceptors (Lipinski definition) is 2. The molecule has 3 nitrogen and oxygen atoms in total. The Morgan fingerprint density at radius 1 is 1.36 bits per heavy atom. The lowest BCUT2D eigenvalue weighted by molar-refractivity contribution is -0.117. The molecule has 1 aliphatic carbocycles. The van der Waals surface area contributed by atoms with E-state index >= 15 is 0 Å². The molecule has 1 fully saturated rings. The number of carbonyl (C=O) groups excluding carboxylic acids is 1. The van der Waals surface area contributed by atoms with Crippen molar-refractivity contribution < 1.29 is 4.79 Å². The van der Waals surface area contributed by atoms with Gasteiger partial charge in [0.25, 0.3) is 0 Å². The van der Waals surface area contributed by atoms with Crippen LogP contribution in [-0.2, 0) is 11.2 Å². The molecular formula is C19H30N2O. The number of benzene rings is 1. The molecule has 2 rings (SSSR count). The van der Waals surface area contributed by atoms with Crippen molar-refractivity contribution in [2.75, 3.05) is 18.4 Å². The standard InChI is InChI=1S/C19H30N2O/c1-5-16-8-6-7-15(4)19(16)20-18(22)13-21(17-9-10-17)12-11-14(2)3/h6-8,14,17H,5,9-13H2,1-4H3,(H,20,22). The molecule has 1 N–H and O–H groups in total. The largest absolute Gasteiger partial charge is 0.324 e. The van der Waals surface area contributed by atoms with E-state index in [0.29, 0.717) is 18.5 Å². The Labute approximate surface area is 135 Å². The number of amides is 1. The second kappa shape index (κ2) is 7.77. The zero-order chi connectivity index (χ0) is 16.1. The van der Waals surface area contributed by atoms with Crippen LogP contribution in [0.1, 0.15) is 51.2 Å². The molecule has 3 heteroatoms. The molecule has 1 saturated carbocycles. The smallest absolute Gasteiger partial charge is 0.238 e. The minimum atomic E-state index is 0.125. The first-order valence-electron chi connectivity index (χ1n) is 8.63. The highest BCUT2D eigenvalue weighted by Gasteiger charge is 2.30. The number of aryl methyl sites for hydroxylation is 2. The van der Waals surface area contributed by atoms with Crippen LogP contribution in [0.3, 0.4) is 0 Å². The molecule has 1 amide bonds. The minimum Gasteiger partial charge on any atom is -0.324 e. The monoisotopic (exact) mass is 302 g/mol. The van der Waals surface area contributed by atoms with Crippen molar-refractivity contribution in [3.05, 3.63) is 29.3 Å². The van der Waals surface area contributed by atoms with E-state index in [4.69, 9.17) is 0 Å². The molecule has 0 aromatic heterocycles. The summed E-state index contributed by atoms with van der Waals surface area (Å²) in [5.74, 6) is 0.812. The number of carbonyl (C=O) groups is 1. The van der Waals surface area contributed by atoms with Gasteiger partial charge in [0, 0.05) is 11.7 Å². The highest BCUT2D eigenvalue weighted by Crippen LogP contribution is 2.27. The van der Waals surface area contributed by atoms with E-state index < -0.39 is 0 Å². The average molecular weight is 302 g/mol. The van der Waals surface area contributed by atoms with Gasteiger partial charge in [0.1, 0.15) is 0 Å². The van der Waals surface area contributed by atoms with Crippen LogP contribution >= 0.6 is 0 Å². The van der Waals surface area contributed by atoms with Crippen LogP contribution < -0.4 is 5.32 Å². The quantitative estimate of drug-likeness (QED) is 0.787. The number of hydrogen-bond donors (Lipinski definition) is 1. The van der Waals surface area contributed by atoms with Crippen molar-refractivity contribution in [1.29, 1.82) is 0 Å². The molecule has 0 aliphatic heterocycles. The van der Waals surface area contributed by atoms with Crippen molar-refractivity contribution in [1.82, 2.24) is 4.90 Å². The van der Waals surface area contributed by atoms with Gasteiger partial charge < -0.3 is 5.32 Å². The maximum absolute atomic E-state index is 12.5. The van der Waals surface area contributed by atoms with Gasteiger partial charge in [0.15, 0.2) is 0 Å². The van der Waals surface area contributed by atoms with E-state index in [-0.39, 0.29) is 5.91 Å². The summed E-state index contributed by atoms with van der Waals surface area (Å²) in [4.78, 5) is 14.8. The first kappa shape index (κ1) is 17.0. The number of nitrogens with zero attached hydrogens (tertiary/aromatic N) is 1. The first-order chi connectivity index (χ1) is 10.5. The Morgan fingerprint density at radius 3 is 2.68 bits per heavy atom. The summed E-state index contributed by atoms with van der Waals surface area (Å²) in [6.07, 6.45) is 4.59. The highest BCUT2D eigenvalue weighted by atomic mass is 16.2. The Balaban J connectivity index is 1.96. The van der Waals surface area contributed by atoms with Crippen molar-refractivity contribution in [3.8, 4) is 0 Å². The van der Waals surface area contributed by atoms with Gasteiger partial charge in [-0.25, -0.2) is 0 Å². The van der Waals surface area contributed by atoms with Crippen LogP contribution in [-0.4, -0.2) is 29.9 Å². The lowest BCUT2D eigenvalue weighted by Gasteiger charge is -2.23. The van der Waals surface area contributed by atoms with Gasteiger partial charge in [0.05, 0.1) is 6.54 Å². The van der Waals surface area contributed by atoms with Gasteiger partial charge in [0.2, 0.25) is 5.91 Å². The molecule has 1 aromatic rings. The zero-order valence-corrected chi connectivity index (χ0v) is 14.5. The third-order valence-electron chi connectivity index (χ3n) is 4.41. The first-order valence-corrected chi connectivity index (χ1v) is 8.63. The average Bonchev–Trinajstić information content (AvgIpc) is 3.30. The molecule has 0 heterocycles. The van der Waals surface area contributed by atoms with Crippen molar-refractivity contribution in [2.24, 2.45) is 5.92 Å². The summed E-state index contributed by atoms with van der Waals surface area (Å²) in [5.41, 5.74) is 3.37. The number of rotatable bonds is 8. The maximum Gasteiger partial charge on any atom is 0.238 e. The van der Waals surface area contributed by atoms with Gasteiger partial charge in [-0.1, -0.05) is 39.0 Å².